The van der Waals surface area contributed by atoms with Crippen LogP contribution in [0.5, 0.6) is 0 Å². The Bertz CT molecular complexity index is 248. The fraction of sp³-hybridized carbons (Fsp3) is 0.273. The van der Waals surface area contributed by atoms with Gasteiger partial charge in [-0.1, -0.05) is 37.5 Å². The van der Waals surface area contributed by atoms with Crippen molar-refractivity contribution in [2.24, 2.45) is 0 Å². The third kappa shape index (κ3) is 1.56. The van der Waals surface area contributed by atoms with Crippen LogP contribution in [0.2, 0.25) is 0 Å². The van der Waals surface area contributed by atoms with E-state index in [0.717, 1.165) is 6.42 Å². The molecule has 1 rings (SSSR count). The van der Waals surface area contributed by atoms with E-state index in [1.54, 1.807) is 7.11 Å². The van der Waals surface area contributed by atoms with E-state index in [9.17, 15) is 0 Å². The standard InChI is InChI=1S/C11H14O/c1-4-10-7-6-8-11(5-2,9-10)12-3/h4-8H,1-2,9H2,3H3. The minimum absolute atomic E-state index is 0.321. The molecular weight excluding hydrogens is 148 g/mol. The molecule has 0 heterocycles. The summed E-state index contributed by atoms with van der Waals surface area (Å²) in [6, 6.07) is 0. The van der Waals surface area contributed by atoms with Gasteiger partial charge in [0.05, 0.1) is 0 Å². The highest BCUT2D eigenvalue weighted by atomic mass is 16.5. The first kappa shape index (κ1) is 9.01. The summed E-state index contributed by atoms with van der Waals surface area (Å²) >= 11 is 0. The molecule has 0 aromatic heterocycles. The normalized spacial score (nSPS) is 27.9. The van der Waals surface area contributed by atoms with Crippen molar-refractivity contribution in [3.63, 3.8) is 0 Å². The molecule has 0 aromatic rings. The third-order valence-corrected chi connectivity index (χ3v) is 2.16. The zero-order valence-electron chi connectivity index (χ0n) is 7.42. The number of allylic oxidation sites excluding steroid dienone is 3. The molecule has 0 spiro atoms. The molecule has 1 nitrogen and oxygen atoms in total. The van der Waals surface area contributed by atoms with Gasteiger partial charge in [0.25, 0.3) is 0 Å². The number of rotatable bonds is 3. The Morgan fingerprint density at radius 3 is 2.83 bits per heavy atom. The molecule has 1 aliphatic rings. The molecule has 64 valence electrons. The lowest BCUT2D eigenvalue weighted by atomic mass is 9.90. The van der Waals surface area contributed by atoms with Crippen molar-refractivity contribution in [2.45, 2.75) is 12.0 Å². The van der Waals surface area contributed by atoms with E-state index in [2.05, 4.69) is 13.2 Å². The summed E-state index contributed by atoms with van der Waals surface area (Å²) < 4.78 is 5.37. The van der Waals surface area contributed by atoms with Crippen molar-refractivity contribution >= 4 is 0 Å². The lowest BCUT2D eigenvalue weighted by Crippen LogP contribution is -2.27. The predicted molar refractivity (Wildman–Crippen MR) is 52.0 cm³/mol. The van der Waals surface area contributed by atoms with Gasteiger partial charge in [-0.05, 0) is 11.6 Å². The van der Waals surface area contributed by atoms with E-state index in [-0.39, 0.29) is 5.60 Å². The quantitative estimate of drug-likeness (QED) is 0.580. The van der Waals surface area contributed by atoms with Gasteiger partial charge in [-0.3, -0.25) is 0 Å². The van der Waals surface area contributed by atoms with Crippen LogP contribution in [-0.2, 0) is 4.74 Å². The Balaban J connectivity index is 2.87. The number of hydrogen-bond acceptors (Lipinski definition) is 1. The van der Waals surface area contributed by atoms with Gasteiger partial charge in [0.15, 0.2) is 0 Å². The molecule has 1 atom stereocenters. The topological polar surface area (TPSA) is 9.23 Å². The van der Waals surface area contributed by atoms with Gasteiger partial charge in [-0.2, -0.15) is 0 Å². The summed E-state index contributed by atoms with van der Waals surface area (Å²) in [5, 5.41) is 0. The first-order valence-corrected chi connectivity index (χ1v) is 3.96. The lowest BCUT2D eigenvalue weighted by Gasteiger charge is -2.28. The van der Waals surface area contributed by atoms with Gasteiger partial charge >= 0.3 is 0 Å². The highest BCUT2D eigenvalue weighted by Crippen LogP contribution is 2.27. The summed E-state index contributed by atoms with van der Waals surface area (Å²) in [4.78, 5) is 0. The Hall–Kier alpha value is -1.08. The number of ether oxygens (including phenoxy) is 1. The van der Waals surface area contributed by atoms with Crippen molar-refractivity contribution in [1.29, 1.82) is 0 Å². The SMILES string of the molecule is C=CC1=CC=CC(C=C)(OC)C1. The monoisotopic (exact) mass is 162 g/mol. The van der Waals surface area contributed by atoms with Crippen LogP contribution in [0.25, 0.3) is 0 Å². The zero-order chi connectivity index (χ0) is 9.03. The lowest BCUT2D eigenvalue weighted by molar-refractivity contribution is 0.0745. The smallest absolute Gasteiger partial charge is 0.108 e. The first-order valence-electron chi connectivity index (χ1n) is 3.96. The number of hydrogen-bond donors (Lipinski definition) is 0. The van der Waals surface area contributed by atoms with E-state index in [1.165, 1.54) is 5.57 Å². The van der Waals surface area contributed by atoms with Crippen LogP contribution in [-0.4, -0.2) is 12.7 Å². The first-order chi connectivity index (χ1) is 5.76. The number of methoxy groups -OCH3 is 1. The second kappa shape index (κ2) is 3.55. The molecule has 0 aliphatic heterocycles. The largest absolute Gasteiger partial charge is 0.370 e. The molecule has 0 fully saturated rings. The van der Waals surface area contributed by atoms with Crippen molar-refractivity contribution in [2.75, 3.05) is 7.11 Å². The highest BCUT2D eigenvalue weighted by Gasteiger charge is 2.24. The average molecular weight is 162 g/mol. The minimum Gasteiger partial charge on any atom is -0.370 e. The summed E-state index contributed by atoms with van der Waals surface area (Å²) in [6.07, 6.45) is 10.5. The van der Waals surface area contributed by atoms with Crippen LogP contribution in [0.3, 0.4) is 0 Å². The fourth-order valence-electron chi connectivity index (χ4n) is 1.28. The van der Waals surface area contributed by atoms with Crippen molar-refractivity contribution in [1.82, 2.24) is 0 Å². The summed E-state index contributed by atoms with van der Waals surface area (Å²) in [5.41, 5.74) is 0.859. The molecule has 0 bridgehead atoms. The molecule has 1 unspecified atom stereocenters. The average Bonchev–Trinajstić information content (AvgIpc) is 2.18. The van der Waals surface area contributed by atoms with Crippen LogP contribution in [0, 0.1) is 0 Å². The van der Waals surface area contributed by atoms with E-state index in [4.69, 9.17) is 4.74 Å². The van der Waals surface area contributed by atoms with Gasteiger partial charge in [-0.25, -0.2) is 0 Å². The van der Waals surface area contributed by atoms with E-state index in [1.807, 2.05) is 30.4 Å². The molecule has 0 saturated heterocycles. The maximum Gasteiger partial charge on any atom is 0.108 e. The molecule has 0 saturated carbocycles. The Morgan fingerprint density at radius 1 is 1.58 bits per heavy atom. The van der Waals surface area contributed by atoms with Gasteiger partial charge < -0.3 is 4.74 Å². The fourth-order valence-corrected chi connectivity index (χ4v) is 1.28. The van der Waals surface area contributed by atoms with Gasteiger partial charge in [-0.15, -0.1) is 0 Å². The molecule has 0 amide bonds. The summed E-state index contributed by atoms with van der Waals surface area (Å²) in [6.45, 7) is 7.48. The highest BCUT2D eigenvalue weighted by molar-refractivity contribution is 5.34. The Morgan fingerprint density at radius 2 is 2.33 bits per heavy atom. The van der Waals surface area contributed by atoms with Gasteiger partial charge in [0, 0.05) is 13.5 Å². The van der Waals surface area contributed by atoms with E-state index < -0.39 is 0 Å². The van der Waals surface area contributed by atoms with Crippen LogP contribution >= 0.6 is 0 Å². The van der Waals surface area contributed by atoms with E-state index >= 15 is 0 Å². The third-order valence-electron chi connectivity index (χ3n) is 2.16. The van der Waals surface area contributed by atoms with Crippen LogP contribution in [0.1, 0.15) is 6.42 Å². The second-order valence-corrected chi connectivity index (χ2v) is 2.84. The van der Waals surface area contributed by atoms with Crippen molar-refractivity contribution in [3.05, 3.63) is 49.1 Å². The summed E-state index contributed by atoms with van der Waals surface area (Å²) in [5.74, 6) is 0. The minimum atomic E-state index is -0.321. The molecule has 12 heavy (non-hydrogen) atoms. The summed E-state index contributed by atoms with van der Waals surface area (Å²) in [7, 11) is 1.69. The van der Waals surface area contributed by atoms with Crippen LogP contribution in [0.15, 0.2) is 49.1 Å². The second-order valence-electron chi connectivity index (χ2n) is 2.84. The van der Waals surface area contributed by atoms with Crippen molar-refractivity contribution < 1.29 is 4.74 Å². The molecular formula is C11H14O. The molecule has 0 aromatic carbocycles. The van der Waals surface area contributed by atoms with Crippen LogP contribution < -0.4 is 0 Å². The molecule has 0 N–H and O–H groups in total. The predicted octanol–water partition coefficient (Wildman–Crippen LogP) is 2.63. The molecule has 1 aliphatic carbocycles. The zero-order valence-corrected chi connectivity index (χ0v) is 7.42. The molecule has 1 heteroatoms. The Kier molecular flexibility index (Phi) is 2.66. The van der Waals surface area contributed by atoms with Gasteiger partial charge in [0.1, 0.15) is 5.60 Å². The van der Waals surface area contributed by atoms with E-state index in [0.29, 0.717) is 0 Å². The molecule has 0 radical (unpaired) electrons. The Labute approximate surface area is 73.7 Å². The maximum atomic E-state index is 5.37. The van der Waals surface area contributed by atoms with Crippen molar-refractivity contribution in [3.8, 4) is 0 Å². The van der Waals surface area contributed by atoms with Gasteiger partial charge in [0.2, 0.25) is 0 Å². The maximum absolute atomic E-state index is 5.37. The van der Waals surface area contributed by atoms with Crippen LogP contribution in [0.4, 0.5) is 0 Å².